The number of nitrogens with zero attached hydrogens (tertiary/aromatic N) is 3. The molecule has 21 heavy (non-hydrogen) atoms. The van der Waals surface area contributed by atoms with Gasteiger partial charge in [0, 0.05) is 25.7 Å². The third-order valence-corrected chi connectivity index (χ3v) is 2.72. The molecular weight excluding hydrogens is 274 g/mol. The van der Waals surface area contributed by atoms with E-state index in [1.54, 1.807) is 0 Å². The Labute approximate surface area is 123 Å². The van der Waals surface area contributed by atoms with Crippen LogP contribution in [0.15, 0.2) is 12.3 Å². The van der Waals surface area contributed by atoms with E-state index < -0.39 is 4.92 Å². The third-order valence-electron chi connectivity index (χ3n) is 2.72. The number of likely N-dealkylation sites (N-methyl/N-ethyl adjacent to an activating group) is 1. The summed E-state index contributed by atoms with van der Waals surface area (Å²) >= 11 is 0. The molecule has 0 aromatic carbocycles. The Kier molecular flexibility index (Phi) is 6.54. The Morgan fingerprint density at radius 2 is 2.14 bits per heavy atom. The van der Waals surface area contributed by atoms with E-state index in [1.165, 1.54) is 6.07 Å². The Balaban J connectivity index is 2.90. The first-order valence-electron chi connectivity index (χ1n) is 6.77. The number of hydrogen-bond donors (Lipinski definition) is 2. The number of amides is 1. The highest BCUT2D eigenvalue weighted by Gasteiger charge is 2.17. The molecule has 0 bridgehead atoms. The average Bonchev–Trinajstić information content (AvgIpc) is 2.44. The van der Waals surface area contributed by atoms with Crippen LogP contribution in [0, 0.1) is 10.1 Å². The number of rotatable bonds is 8. The molecule has 1 amide bonds. The van der Waals surface area contributed by atoms with E-state index in [2.05, 4.69) is 15.6 Å². The smallest absolute Gasteiger partial charge is 0.288 e. The summed E-state index contributed by atoms with van der Waals surface area (Å²) in [5, 5.41) is 16.5. The molecule has 0 saturated carbocycles. The summed E-state index contributed by atoms with van der Waals surface area (Å²) in [7, 11) is 3.80. The second-order valence-corrected chi connectivity index (χ2v) is 4.83. The quantitative estimate of drug-likeness (QED) is 0.550. The van der Waals surface area contributed by atoms with E-state index >= 15 is 0 Å². The number of pyridine rings is 1. The van der Waals surface area contributed by atoms with Crippen molar-refractivity contribution in [3.05, 3.63) is 27.9 Å². The minimum absolute atomic E-state index is 0.191. The first-order valence-corrected chi connectivity index (χ1v) is 6.77. The van der Waals surface area contributed by atoms with Crippen LogP contribution in [0.25, 0.3) is 0 Å². The van der Waals surface area contributed by atoms with Crippen molar-refractivity contribution in [2.75, 3.05) is 39.0 Å². The van der Waals surface area contributed by atoms with Gasteiger partial charge >= 0.3 is 0 Å². The van der Waals surface area contributed by atoms with Gasteiger partial charge in [-0.25, -0.2) is 4.98 Å². The monoisotopic (exact) mass is 295 g/mol. The van der Waals surface area contributed by atoms with Crippen LogP contribution < -0.4 is 10.6 Å². The average molecular weight is 295 g/mol. The number of hydrogen-bond acceptors (Lipinski definition) is 6. The van der Waals surface area contributed by atoms with E-state index in [9.17, 15) is 14.9 Å². The highest BCUT2D eigenvalue weighted by molar-refractivity contribution is 5.99. The molecule has 0 fully saturated rings. The van der Waals surface area contributed by atoms with Crippen molar-refractivity contribution >= 4 is 17.4 Å². The maximum absolute atomic E-state index is 12.2. The Hall–Kier alpha value is -2.22. The van der Waals surface area contributed by atoms with Crippen molar-refractivity contribution in [2.45, 2.75) is 13.3 Å². The molecule has 1 aromatic rings. The molecule has 116 valence electrons. The largest absolute Gasteiger partial charge is 0.369 e. The van der Waals surface area contributed by atoms with Gasteiger partial charge in [-0.15, -0.1) is 0 Å². The molecule has 2 N–H and O–H groups in total. The zero-order valence-corrected chi connectivity index (χ0v) is 12.5. The SMILES string of the molecule is CCCNc1ncc([N+](=O)[O-])cc1C(=O)NCCN(C)C. The van der Waals surface area contributed by atoms with E-state index in [-0.39, 0.29) is 17.2 Å². The molecule has 8 heteroatoms. The van der Waals surface area contributed by atoms with Crippen molar-refractivity contribution in [1.82, 2.24) is 15.2 Å². The van der Waals surface area contributed by atoms with E-state index in [1.807, 2.05) is 25.9 Å². The molecule has 1 rings (SSSR count). The highest BCUT2D eigenvalue weighted by atomic mass is 16.6. The van der Waals surface area contributed by atoms with Crippen molar-refractivity contribution in [3.8, 4) is 0 Å². The number of nitro groups is 1. The molecule has 8 nitrogen and oxygen atoms in total. The third kappa shape index (κ3) is 5.35. The van der Waals surface area contributed by atoms with Gasteiger partial charge in [-0.05, 0) is 20.5 Å². The lowest BCUT2D eigenvalue weighted by atomic mass is 10.2. The predicted molar refractivity (Wildman–Crippen MR) is 80.6 cm³/mol. The van der Waals surface area contributed by atoms with Crippen molar-refractivity contribution in [2.24, 2.45) is 0 Å². The van der Waals surface area contributed by atoms with Gasteiger partial charge in [0.05, 0.1) is 10.5 Å². The second kappa shape index (κ2) is 8.15. The van der Waals surface area contributed by atoms with Crippen LogP contribution in [-0.4, -0.2) is 54.4 Å². The predicted octanol–water partition coefficient (Wildman–Crippen LogP) is 1.10. The molecule has 0 radical (unpaired) electrons. The van der Waals surface area contributed by atoms with Crippen LogP contribution in [0.1, 0.15) is 23.7 Å². The fourth-order valence-corrected chi connectivity index (χ4v) is 1.60. The molecular formula is C13H21N5O3. The number of aromatic nitrogens is 1. The van der Waals surface area contributed by atoms with Gasteiger partial charge in [0.15, 0.2) is 0 Å². The lowest BCUT2D eigenvalue weighted by Crippen LogP contribution is -2.32. The highest BCUT2D eigenvalue weighted by Crippen LogP contribution is 2.19. The molecule has 0 saturated heterocycles. The van der Waals surface area contributed by atoms with Gasteiger partial charge in [0.1, 0.15) is 12.0 Å². The Morgan fingerprint density at radius 3 is 2.71 bits per heavy atom. The maximum Gasteiger partial charge on any atom is 0.288 e. The van der Waals surface area contributed by atoms with E-state index in [4.69, 9.17) is 0 Å². The summed E-state index contributed by atoms with van der Waals surface area (Å²) in [5.41, 5.74) is -0.00814. The summed E-state index contributed by atoms with van der Waals surface area (Å²) in [6, 6.07) is 1.25. The molecule has 0 unspecified atom stereocenters. The fraction of sp³-hybridized carbons (Fsp3) is 0.538. The molecule has 0 spiro atoms. The first-order chi connectivity index (χ1) is 9.95. The Morgan fingerprint density at radius 1 is 1.43 bits per heavy atom. The van der Waals surface area contributed by atoms with Crippen LogP contribution >= 0.6 is 0 Å². The van der Waals surface area contributed by atoms with Crippen LogP contribution in [0.5, 0.6) is 0 Å². The van der Waals surface area contributed by atoms with Crippen LogP contribution in [0.2, 0.25) is 0 Å². The Bertz CT molecular complexity index is 505. The number of nitrogens with one attached hydrogen (secondary N) is 2. The standard InChI is InChI=1S/C13H21N5O3/c1-4-5-14-12-11(8-10(9-16-12)18(20)21)13(19)15-6-7-17(2)3/h8-9H,4-7H2,1-3H3,(H,14,16)(H,15,19). The molecule has 0 atom stereocenters. The molecule has 0 aliphatic carbocycles. The van der Waals surface area contributed by atoms with Crippen LogP contribution in [0.3, 0.4) is 0 Å². The van der Waals surface area contributed by atoms with Gasteiger partial charge in [0.2, 0.25) is 0 Å². The number of anilines is 1. The molecule has 1 aromatic heterocycles. The minimum atomic E-state index is -0.562. The minimum Gasteiger partial charge on any atom is -0.369 e. The molecule has 1 heterocycles. The number of carbonyl (C=O) groups is 1. The summed E-state index contributed by atoms with van der Waals surface area (Å²) < 4.78 is 0. The summed E-state index contributed by atoms with van der Waals surface area (Å²) in [4.78, 5) is 28.3. The van der Waals surface area contributed by atoms with E-state index in [0.717, 1.165) is 12.6 Å². The summed E-state index contributed by atoms with van der Waals surface area (Å²) in [6.45, 7) is 3.77. The summed E-state index contributed by atoms with van der Waals surface area (Å²) in [5.74, 6) is -0.00328. The lowest BCUT2D eigenvalue weighted by molar-refractivity contribution is -0.385. The number of carbonyl (C=O) groups excluding carboxylic acids is 1. The normalized spacial score (nSPS) is 10.5. The topological polar surface area (TPSA) is 100 Å². The van der Waals surface area contributed by atoms with Gasteiger partial charge in [-0.3, -0.25) is 14.9 Å². The zero-order chi connectivity index (χ0) is 15.8. The summed E-state index contributed by atoms with van der Waals surface area (Å²) in [6.07, 6.45) is 2.01. The van der Waals surface area contributed by atoms with E-state index in [0.29, 0.717) is 25.5 Å². The molecule has 0 aliphatic heterocycles. The van der Waals surface area contributed by atoms with Gasteiger partial charge in [-0.2, -0.15) is 0 Å². The zero-order valence-electron chi connectivity index (χ0n) is 12.5. The first kappa shape index (κ1) is 16.8. The van der Waals surface area contributed by atoms with Crippen LogP contribution in [-0.2, 0) is 0 Å². The van der Waals surface area contributed by atoms with Gasteiger partial charge in [0.25, 0.3) is 11.6 Å². The van der Waals surface area contributed by atoms with Gasteiger partial charge in [-0.1, -0.05) is 6.92 Å². The van der Waals surface area contributed by atoms with Crippen LogP contribution in [0.4, 0.5) is 11.5 Å². The lowest BCUT2D eigenvalue weighted by Gasteiger charge is -2.12. The van der Waals surface area contributed by atoms with Crippen molar-refractivity contribution < 1.29 is 9.72 Å². The van der Waals surface area contributed by atoms with Crippen molar-refractivity contribution in [1.29, 1.82) is 0 Å². The fourth-order valence-electron chi connectivity index (χ4n) is 1.60. The molecule has 0 aliphatic rings. The van der Waals surface area contributed by atoms with Gasteiger partial charge < -0.3 is 15.5 Å². The van der Waals surface area contributed by atoms with Crippen molar-refractivity contribution in [3.63, 3.8) is 0 Å². The maximum atomic E-state index is 12.2. The second-order valence-electron chi connectivity index (χ2n) is 4.83.